The minimum absolute atomic E-state index is 0.0901. The maximum atomic E-state index is 13.1. The number of hydrogen-bond acceptors (Lipinski definition) is 8. The van der Waals surface area contributed by atoms with Crippen LogP contribution in [-0.2, 0) is 20.2 Å². The normalized spacial score (nSPS) is 13.2. The molecule has 0 saturated carbocycles. The predicted molar refractivity (Wildman–Crippen MR) is 164 cm³/mol. The van der Waals surface area contributed by atoms with Crippen molar-refractivity contribution in [2.45, 2.75) is 116 Å². The molecule has 2 aromatic rings. The maximum Gasteiger partial charge on any atom is 0.330 e. The molecule has 0 aliphatic carbocycles. The summed E-state index contributed by atoms with van der Waals surface area (Å²) in [5, 5.41) is 12.1. The molecule has 0 amide bonds. The van der Waals surface area contributed by atoms with Crippen LogP contribution in [-0.4, -0.2) is 52.6 Å². The summed E-state index contributed by atoms with van der Waals surface area (Å²) >= 11 is 0. The van der Waals surface area contributed by atoms with E-state index < -0.39 is 7.60 Å². The summed E-state index contributed by atoms with van der Waals surface area (Å²) in [6.07, 6.45) is 21.3. The van der Waals surface area contributed by atoms with Crippen molar-refractivity contribution in [1.82, 2.24) is 20.3 Å². The van der Waals surface area contributed by atoms with E-state index in [0.29, 0.717) is 56.5 Å². The molecule has 2 aromatic heterocycles. The monoisotopic (exact) mass is 583 g/mol. The highest BCUT2D eigenvalue weighted by Crippen LogP contribution is 2.48. The Bertz CT molecular complexity index is 1030. The zero-order valence-corrected chi connectivity index (χ0v) is 25.6. The Morgan fingerprint density at radius 2 is 1.48 bits per heavy atom. The van der Waals surface area contributed by atoms with Crippen LogP contribution in [0.15, 0.2) is 11.0 Å². The van der Waals surface area contributed by atoms with Gasteiger partial charge < -0.3 is 30.2 Å². The van der Waals surface area contributed by atoms with Crippen LogP contribution in [0.3, 0.4) is 0 Å². The fourth-order valence-corrected chi connectivity index (χ4v) is 6.60. The third-order valence-electron chi connectivity index (χ3n) is 7.15. The van der Waals surface area contributed by atoms with E-state index in [1.807, 2.05) is 6.92 Å². The number of aromatic nitrogens is 3. The summed E-state index contributed by atoms with van der Waals surface area (Å²) in [6.45, 7) is 4.17. The van der Waals surface area contributed by atoms with E-state index in [9.17, 15) is 9.36 Å². The van der Waals surface area contributed by atoms with Gasteiger partial charge in [-0.15, -0.1) is 0 Å². The van der Waals surface area contributed by atoms with E-state index in [-0.39, 0.29) is 11.5 Å². The molecule has 1 unspecified atom stereocenters. The van der Waals surface area contributed by atoms with Crippen molar-refractivity contribution in [3.05, 3.63) is 22.1 Å². The molecule has 0 aliphatic rings. The summed E-state index contributed by atoms with van der Waals surface area (Å²) in [6, 6.07) is 0. The van der Waals surface area contributed by atoms with E-state index >= 15 is 0 Å². The van der Waals surface area contributed by atoms with Crippen molar-refractivity contribution in [1.29, 1.82) is 0 Å². The Labute approximate surface area is 240 Å². The number of hydrogen-bond donors (Lipinski definition) is 5. The van der Waals surface area contributed by atoms with E-state index in [1.165, 1.54) is 77.0 Å². The third kappa shape index (κ3) is 14.3. The molecule has 1 atom stereocenters. The number of aliphatic hydroxyl groups excluding tert-OH is 1. The Hall–Kier alpha value is -1.71. The SMILES string of the molecule is CCOP(=O)(CCCNCc1c[nH]c2c(=O)[nH]c(N)nc12)OCCCCCCCCCCCCCCCCCO. The average molecular weight is 584 g/mol. The lowest BCUT2D eigenvalue weighted by atomic mass is 10.0. The van der Waals surface area contributed by atoms with Gasteiger partial charge in [-0.2, -0.15) is 0 Å². The van der Waals surface area contributed by atoms with Gasteiger partial charge in [0.15, 0.2) is 0 Å². The van der Waals surface area contributed by atoms with Gasteiger partial charge >= 0.3 is 7.60 Å². The topological polar surface area (TPSA) is 155 Å². The van der Waals surface area contributed by atoms with Gasteiger partial charge in [0.25, 0.3) is 5.56 Å². The van der Waals surface area contributed by atoms with Crippen molar-refractivity contribution in [3.63, 3.8) is 0 Å². The number of anilines is 1. The molecule has 10 nitrogen and oxygen atoms in total. The molecule has 0 fully saturated rings. The number of nitrogens with one attached hydrogen (secondary N) is 3. The molecular weight excluding hydrogens is 529 g/mol. The number of rotatable bonds is 26. The molecule has 0 saturated heterocycles. The number of aromatic amines is 2. The van der Waals surface area contributed by atoms with Crippen LogP contribution >= 0.6 is 7.60 Å². The second-order valence-corrected chi connectivity index (χ2v) is 12.8. The summed E-state index contributed by atoms with van der Waals surface area (Å²) in [4.78, 5) is 21.6. The number of nitrogens with two attached hydrogens (primary N) is 1. The Kier molecular flexibility index (Phi) is 18.2. The van der Waals surface area contributed by atoms with Crippen molar-refractivity contribution >= 4 is 24.6 Å². The van der Waals surface area contributed by atoms with Gasteiger partial charge in [0, 0.05) is 24.9 Å². The maximum absolute atomic E-state index is 13.1. The second-order valence-electron chi connectivity index (χ2n) is 10.6. The van der Waals surface area contributed by atoms with Gasteiger partial charge in [0.1, 0.15) is 11.0 Å². The highest BCUT2D eigenvalue weighted by atomic mass is 31.2. The Balaban J connectivity index is 1.46. The molecule has 0 radical (unpaired) electrons. The number of nitrogens with zero attached hydrogens (tertiary/aromatic N) is 1. The fraction of sp³-hybridized carbons (Fsp3) is 0.793. The molecular formula is C29H54N5O5P. The largest absolute Gasteiger partial charge is 0.396 e. The smallest absolute Gasteiger partial charge is 0.330 e. The Morgan fingerprint density at radius 3 is 2.05 bits per heavy atom. The second kappa shape index (κ2) is 21.1. The van der Waals surface area contributed by atoms with Gasteiger partial charge in [-0.3, -0.25) is 14.3 Å². The van der Waals surface area contributed by atoms with Crippen molar-refractivity contribution in [3.8, 4) is 0 Å². The molecule has 0 aliphatic heterocycles. The van der Waals surface area contributed by atoms with E-state index in [1.54, 1.807) is 6.20 Å². The lowest BCUT2D eigenvalue weighted by Crippen LogP contribution is -2.17. The molecule has 6 N–H and O–H groups in total. The van der Waals surface area contributed by atoms with Crippen LogP contribution < -0.4 is 16.6 Å². The lowest BCUT2D eigenvalue weighted by Gasteiger charge is -2.18. The van der Waals surface area contributed by atoms with E-state index in [4.69, 9.17) is 19.9 Å². The van der Waals surface area contributed by atoms with Crippen LogP contribution in [0.5, 0.6) is 0 Å². The van der Waals surface area contributed by atoms with E-state index in [0.717, 1.165) is 24.8 Å². The lowest BCUT2D eigenvalue weighted by molar-refractivity contribution is 0.207. The molecule has 2 heterocycles. The Morgan fingerprint density at radius 1 is 0.900 bits per heavy atom. The van der Waals surface area contributed by atoms with Crippen molar-refractivity contribution < 1.29 is 18.7 Å². The molecule has 11 heteroatoms. The summed E-state index contributed by atoms with van der Waals surface area (Å²) in [7, 11) is -3.09. The first kappa shape index (κ1) is 34.5. The number of fused-ring (bicyclic) bond motifs is 1. The summed E-state index contributed by atoms with van der Waals surface area (Å²) in [5.41, 5.74) is 7.20. The number of unbranched alkanes of at least 4 members (excludes halogenated alkanes) is 14. The van der Waals surface area contributed by atoms with Gasteiger partial charge in [0.2, 0.25) is 5.95 Å². The third-order valence-corrected chi connectivity index (χ3v) is 9.24. The number of H-pyrrole nitrogens is 2. The number of aliphatic hydroxyl groups is 1. The average Bonchev–Trinajstić information content (AvgIpc) is 3.33. The molecule has 2 rings (SSSR count). The molecule has 0 aromatic carbocycles. The van der Waals surface area contributed by atoms with Crippen LogP contribution in [0.2, 0.25) is 0 Å². The van der Waals surface area contributed by atoms with Crippen LogP contribution in [0.4, 0.5) is 5.95 Å². The highest BCUT2D eigenvalue weighted by Gasteiger charge is 2.23. The molecule has 230 valence electrons. The zero-order valence-electron chi connectivity index (χ0n) is 24.7. The van der Waals surface area contributed by atoms with E-state index in [2.05, 4.69) is 20.3 Å². The minimum atomic E-state index is -3.09. The predicted octanol–water partition coefficient (Wildman–Crippen LogP) is 6.40. The van der Waals surface area contributed by atoms with Gasteiger partial charge in [-0.05, 0) is 32.7 Å². The zero-order chi connectivity index (χ0) is 28.9. The van der Waals surface area contributed by atoms with Crippen LogP contribution in [0.1, 0.15) is 115 Å². The standard InChI is InChI=1S/C29H54N5O5P/c1-2-38-40(37,22-18-19-31-23-25-24-32-27-26(25)33-29(30)34-28(27)36)39-21-17-15-13-11-9-7-5-3-4-6-8-10-12-14-16-20-35/h24,31-32,35H,2-23H2,1H3,(H3,30,33,34,36). The molecule has 0 spiro atoms. The quantitative estimate of drug-likeness (QED) is 0.0629. The fourth-order valence-electron chi connectivity index (χ4n) is 4.92. The minimum Gasteiger partial charge on any atom is -0.396 e. The first-order valence-electron chi connectivity index (χ1n) is 15.5. The van der Waals surface area contributed by atoms with Crippen LogP contribution in [0.25, 0.3) is 11.0 Å². The van der Waals surface area contributed by atoms with Gasteiger partial charge in [-0.1, -0.05) is 83.5 Å². The summed E-state index contributed by atoms with van der Waals surface area (Å²) in [5.74, 6) is 0.0901. The first-order valence-corrected chi connectivity index (χ1v) is 17.3. The van der Waals surface area contributed by atoms with Gasteiger partial charge in [0.05, 0.1) is 19.4 Å². The van der Waals surface area contributed by atoms with Gasteiger partial charge in [-0.25, -0.2) is 4.98 Å². The van der Waals surface area contributed by atoms with Crippen molar-refractivity contribution in [2.24, 2.45) is 0 Å². The molecule has 40 heavy (non-hydrogen) atoms. The number of nitrogen functional groups attached to an aromatic ring is 1. The first-order chi connectivity index (χ1) is 19.5. The summed E-state index contributed by atoms with van der Waals surface area (Å²) < 4.78 is 24.3. The molecule has 0 bridgehead atoms. The van der Waals surface area contributed by atoms with Crippen molar-refractivity contribution in [2.75, 3.05) is 38.3 Å². The van der Waals surface area contributed by atoms with Crippen LogP contribution in [0, 0.1) is 0 Å². The highest BCUT2D eigenvalue weighted by molar-refractivity contribution is 7.53.